The Kier molecular flexibility index (Phi) is 7.90. The number of esters is 1. The van der Waals surface area contributed by atoms with Gasteiger partial charge in [0.25, 0.3) is 5.91 Å². The molecule has 0 spiro atoms. The first kappa shape index (κ1) is 24.1. The van der Waals surface area contributed by atoms with Crippen molar-refractivity contribution < 1.29 is 23.8 Å². The number of carbonyl (C=O) groups is 2. The summed E-state index contributed by atoms with van der Waals surface area (Å²) in [6.07, 6.45) is 1.21. The SMILES string of the molecule is COc1cccc(Oc2ncc(Cl)cc2C(=O)N[C@@H](C)c2ccc(C(=O)OC(C)C)cc2)c1. The Morgan fingerprint density at radius 2 is 1.70 bits per heavy atom. The minimum Gasteiger partial charge on any atom is -0.497 e. The number of ether oxygens (including phenoxy) is 3. The van der Waals surface area contributed by atoms with Gasteiger partial charge in [-0.2, -0.15) is 0 Å². The third kappa shape index (κ3) is 6.46. The van der Waals surface area contributed by atoms with Crippen LogP contribution in [0.2, 0.25) is 5.02 Å². The van der Waals surface area contributed by atoms with Crippen LogP contribution in [0.15, 0.2) is 60.8 Å². The van der Waals surface area contributed by atoms with Crippen LogP contribution >= 0.6 is 11.6 Å². The number of rotatable bonds is 8. The quantitative estimate of drug-likeness (QED) is 0.433. The average Bonchev–Trinajstić information content (AvgIpc) is 2.80. The highest BCUT2D eigenvalue weighted by molar-refractivity contribution is 6.30. The topological polar surface area (TPSA) is 86.8 Å². The summed E-state index contributed by atoms with van der Waals surface area (Å²) in [6.45, 7) is 5.42. The minimum atomic E-state index is -0.404. The second-order valence-electron chi connectivity index (χ2n) is 7.56. The first-order chi connectivity index (χ1) is 15.8. The fourth-order valence-corrected chi connectivity index (χ4v) is 3.15. The fraction of sp³-hybridized carbons (Fsp3) is 0.240. The number of nitrogens with one attached hydrogen (secondary N) is 1. The van der Waals surface area contributed by atoms with Gasteiger partial charge in [-0.1, -0.05) is 29.8 Å². The Bertz CT molecular complexity index is 1130. The third-order valence-electron chi connectivity index (χ3n) is 4.65. The monoisotopic (exact) mass is 468 g/mol. The maximum Gasteiger partial charge on any atom is 0.338 e. The van der Waals surface area contributed by atoms with Crippen molar-refractivity contribution in [2.75, 3.05) is 7.11 Å². The Balaban J connectivity index is 1.75. The first-order valence-electron chi connectivity index (χ1n) is 10.4. The second-order valence-corrected chi connectivity index (χ2v) is 7.99. The molecule has 3 rings (SSSR count). The Labute approximate surface area is 197 Å². The maximum atomic E-state index is 13.0. The summed E-state index contributed by atoms with van der Waals surface area (Å²) in [5.74, 6) is 0.400. The molecule has 0 bridgehead atoms. The van der Waals surface area contributed by atoms with E-state index in [9.17, 15) is 9.59 Å². The molecule has 3 aromatic rings. The molecule has 0 aliphatic carbocycles. The zero-order valence-corrected chi connectivity index (χ0v) is 19.6. The van der Waals surface area contributed by atoms with Crippen LogP contribution in [0, 0.1) is 0 Å². The van der Waals surface area contributed by atoms with Crippen molar-refractivity contribution in [2.24, 2.45) is 0 Å². The molecule has 0 fully saturated rings. The molecule has 1 amide bonds. The zero-order chi connectivity index (χ0) is 24.0. The van der Waals surface area contributed by atoms with E-state index < -0.39 is 11.9 Å². The van der Waals surface area contributed by atoms with Crippen molar-refractivity contribution in [3.63, 3.8) is 0 Å². The van der Waals surface area contributed by atoms with E-state index in [-0.39, 0.29) is 23.6 Å². The molecule has 1 heterocycles. The largest absolute Gasteiger partial charge is 0.497 e. The molecular weight excluding hydrogens is 444 g/mol. The van der Waals surface area contributed by atoms with E-state index in [2.05, 4.69) is 10.3 Å². The van der Waals surface area contributed by atoms with Crippen molar-refractivity contribution in [1.82, 2.24) is 10.3 Å². The van der Waals surface area contributed by atoms with Crippen LogP contribution in [0.4, 0.5) is 0 Å². The molecule has 172 valence electrons. The van der Waals surface area contributed by atoms with Crippen molar-refractivity contribution >= 4 is 23.5 Å². The lowest BCUT2D eigenvalue weighted by molar-refractivity contribution is 0.0377. The molecule has 7 nitrogen and oxygen atoms in total. The van der Waals surface area contributed by atoms with Crippen molar-refractivity contribution in [2.45, 2.75) is 32.9 Å². The van der Waals surface area contributed by atoms with Gasteiger partial charge in [-0.25, -0.2) is 9.78 Å². The summed E-state index contributed by atoms with van der Waals surface area (Å²) in [6, 6.07) is 15.0. The van der Waals surface area contributed by atoms with E-state index in [0.717, 1.165) is 5.56 Å². The van der Waals surface area contributed by atoms with Gasteiger partial charge >= 0.3 is 5.97 Å². The number of hydrogen-bond acceptors (Lipinski definition) is 6. The number of amides is 1. The average molecular weight is 469 g/mol. The summed E-state index contributed by atoms with van der Waals surface area (Å²) in [5, 5.41) is 3.22. The number of benzene rings is 2. The fourth-order valence-electron chi connectivity index (χ4n) is 2.99. The zero-order valence-electron chi connectivity index (χ0n) is 18.8. The molecule has 0 saturated heterocycles. The Morgan fingerprint density at radius 3 is 2.36 bits per heavy atom. The number of hydrogen-bond donors (Lipinski definition) is 1. The van der Waals surface area contributed by atoms with E-state index in [4.69, 9.17) is 25.8 Å². The summed E-state index contributed by atoms with van der Waals surface area (Å²) in [5.41, 5.74) is 1.45. The number of nitrogens with zero attached hydrogens (tertiary/aromatic N) is 1. The molecule has 1 atom stereocenters. The van der Waals surface area contributed by atoms with E-state index in [1.54, 1.807) is 69.5 Å². The lowest BCUT2D eigenvalue weighted by Crippen LogP contribution is -2.27. The van der Waals surface area contributed by atoms with Gasteiger partial charge in [0, 0.05) is 12.3 Å². The highest BCUT2D eigenvalue weighted by Gasteiger charge is 2.19. The van der Waals surface area contributed by atoms with Crippen LogP contribution in [0.3, 0.4) is 0 Å². The van der Waals surface area contributed by atoms with Crippen molar-refractivity contribution in [3.8, 4) is 17.4 Å². The van der Waals surface area contributed by atoms with Gasteiger partial charge in [0.05, 0.1) is 29.8 Å². The van der Waals surface area contributed by atoms with Gasteiger partial charge in [0.1, 0.15) is 17.1 Å². The predicted molar refractivity (Wildman–Crippen MR) is 125 cm³/mol. The van der Waals surface area contributed by atoms with Crippen LogP contribution in [-0.2, 0) is 4.74 Å². The van der Waals surface area contributed by atoms with Crippen LogP contribution < -0.4 is 14.8 Å². The van der Waals surface area contributed by atoms with E-state index >= 15 is 0 Å². The van der Waals surface area contributed by atoms with Crippen LogP contribution in [-0.4, -0.2) is 30.1 Å². The normalized spacial score (nSPS) is 11.6. The third-order valence-corrected chi connectivity index (χ3v) is 4.86. The van der Waals surface area contributed by atoms with Gasteiger partial charge in [0.15, 0.2) is 0 Å². The summed E-state index contributed by atoms with van der Waals surface area (Å²) in [7, 11) is 1.56. The highest BCUT2D eigenvalue weighted by atomic mass is 35.5. The molecule has 8 heteroatoms. The highest BCUT2D eigenvalue weighted by Crippen LogP contribution is 2.28. The van der Waals surface area contributed by atoms with Crippen LogP contribution in [0.5, 0.6) is 17.4 Å². The first-order valence-corrected chi connectivity index (χ1v) is 10.7. The lowest BCUT2D eigenvalue weighted by atomic mass is 10.1. The molecule has 0 saturated carbocycles. The minimum absolute atomic E-state index is 0.115. The number of pyridine rings is 1. The smallest absolute Gasteiger partial charge is 0.338 e. The van der Waals surface area contributed by atoms with E-state index in [1.807, 2.05) is 6.92 Å². The van der Waals surface area contributed by atoms with E-state index in [1.165, 1.54) is 12.3 Å². The second kappa shape index (κ2) is 10.8. The summed E-state index contributed by atoms with van der Waals surface area (Å²) < 4.78 is 16.2. The number of aromatic nitrogens is 1. The summed E-state index contributed by atoms with van der Waals surface area (Å²) >= 11 is 6.09. The molecular formula is C25H25ClN2O5. The molecule has 33 heavy (non-hydrogen) atoms. The molecule has 0 radical (unpaired) electrons. The van der Waals surface area contributed by atoms with Gasteiger partial charge in [-0.3, -0.25) is 4.79 Å². The molecule has 0 unspecified atom stereocenters. The molecule has 1 aromatic heterocycles. The van der Waals surface area contributed by atoms with Crippen LogP contribution in [0.1, 0.15) is 53.1 Å². The van der Waals surface area contributed by atoms with E-state index in [0.29, 0.717) is 22.1 Å². The standard InChI is InChI=1S/C25H25ClN2O5/c1-15(2)32-25(30)18-10-8-17(9-11-18)16(3)28-23(29)22-12-19(26)14-27-24(22)33-21-7-5-6-20(13-21)31-4/h5-16H,1-4H3,(H,28,29)/t16-/m0/s1. The molecule has 0 aliphatic heterocycles. The Hall–Kier alpha value is -3.58. The van der Waals surface area contributed by atoms with Crippen molar-refractivity contribution in [3.05, 3.63) is 82.5 Å². The molecule has 1 N–H and O–H groups in total. The van der Waals surface area contributed by atoms with Gasteiger partial charge in [-0.15, -0.1) is 0 Å². The lowest BCUT2D eigenvalue weighted by Gasteiger charge is -2.17. The number of carbonyl (C=O) groups excluding carboxylic acids is 2. The van der Waals surface area contributed by atoms with Crippen molar-refractivity contribution in [1.29, 1.82) is 0 Å². The Morgan fingerprint density at radius 1 is 1.00 bits per heavy atom. The van der Waals surface area contributed by atoms with Gasteiger partial charge in [-0.05, 0) is 56.7 Å². The van der Waals surface area contributed by atoms with Crippen LogP contribution in [0.25, 0.3) is 0 Å². The molecule has 2 aromatic carbocycles. The number of halogens is 1. The number of methoxy groups -OCH3 is 1. The molecule has 0 aliphatic rings. The van der Waals surface area contributed by atoms with Gasteiger partial charge in [0.2, 0.25) is 5.88 Å². The predicted octanol–water partition coefficient (Wildman–Crippen LogP) is 5.59. The van der Waals surface area contributed by atoms with Gasteiger partial charge < -0.3 is 19.5 Å². The maximum absolute atomic E-state index is 13.0. The summed E-state index contributed by atoms with van der Waals surface area (Å²) in [4.78, 5) is 29.2.